The van der Waals surface area contributed by atoms with E-state index in [9.17, 15) is 4.79 Å². The third-order valence-corrected chi connectivity index (χ3v) is 5.29. The van der Waals surface area contributed by atoms with Crippen LogP contribution in [-0.2, 0) is 17.8 Å². The van der Waals surface area contributed by atoms with Gasteiger partial charge in [0.1, 0.15) is 0 Å². The van der Waals surface area contributed by atoms with E-state index >= 15 is 0 Å². The highest BCUT2D eigenvalue weighted by Crippen LogP contribution is 2.31. The second kappa shape index (κ2) is 4.67. The summed E-state index contributed by atoms with van der Waals surface area (Å²) in [5.41, 5.74) is 7.41. The van der Waals surface area contributed by atoms with E-state index < -0.39 is 0 Å². The highest BCUT2D eigenvalue weighted by molar-refractivity contribution is 7.10. The average molecular weight is 264 g/mol. The maximum Gasteiger partial charge on any atom is 0.224 e. The van der Waals surface area contributed by atoms with Gasteiger partial charge in [-0.05, 0) is 36.3 Å². The van der Waals surface area contributed by atoms with Gasteiger partial charge in [-0.3, -0.25) is 4.79 Å². The molecule has 1 saturated carbocycles. The highest BCUT2D eigenvalue weighted by atomic mass is 32.1. The predicted molar refractivity (Wildman–Crippen MR) is 73.4 cm³/mol. The molecule has 3 rings (SSSR count). The van der Waals surface area contributed by atoms with Crippen LogP contribution in [0.25, 0.3) is 0 Å². The lowest BCUT2D eigenvalue weighted by Crippen LogP contribution is -2.44. The zero-order valence-corrected chi connectivity index (χ0v) is 11.5. The Kier molecular flexibility index (Phi) is 3.16. The molecule has 3 nitrogen and oxygen atoms in total. The minimum atomic E-state index is -0.216. The molecule has 1 fully saturated rings. The van der Waals surface area contributed by atoms with Gasteiger partial charge in [0.15, 0.2) is 0 Å². The molecule has 4 heteroatoms. The van der Waals surface area contributed by atoms with Crippen LogP contribution in [0.5, 0.6) is 0 Å². The molecule has 0 saturated heterocycles. The molecule has 0 aromatic carbocycles. The second-order valence-corrected chi connectivity index (χ2v) is 6.68. The van der Waals surface area contributed by atoms with Gasteiger partial charge in [-0.1, -0.05) is 12.8 Å². The Labute approximate surface area is 112 Å². The molecule has 1 aliphatic carbocycles. The smallest absolute Gasteiger partial charge is 0.224 e. The molecule has 0 atom stereocenters. The summed E-state index contributed by atoms with van der Waals surface area (Å²) in [6, 6.07) is 2.15. The quantitative estimate of drug-likeness (QED) is 0.891. The van der Waals surface area contributed by atoms with Crippen LogP contribution in [0.2, 0.25) is 0 Å². The molecule has 1 amide bonds. The van der Waals surface area contributed by atoms with Gasteiger partial charge in [-0.15, -0.1) is 11.3 Å². The average Bonchev–Trinajstić information content (AvgIpc) is 2.96. The monoisotopic (exact) mass is 264 g/mol. The first kappa shape index (κ1) is 12.2. The Hall–Kier alpha value is -0.870. The molecule has 0 bridgehead atoms. The molecule has 2 N–H and O–H groups in total. The fraction of sp³-hybridized carbons (Fsp3) is 0.643. The maximum absolute atomic E-state index is 12.3. The summed E-state index contributed by atoms with van der Waals surface area (Å²) in [4.78, 5) is 15.8. The number of hydrogen-bond acceptors (Lipinski definition) is 3. The molecule has 2 heterocycles. The third-order valence-electron chi connectivity index (χ3n) is 4.26. The van der Waals surface area contributed by atoms with E-state index in [4.69, 9.17) is 5.73 Å². The molecule has 0 spiro atoms. The van der Waals surface area contributed by atoms with Crippen molar-refractivity contribution in [2.75, 3.05) is 6.54 Å². The SMILES string of the molecule is NC1(CC(=O)N2CCc3sccc3C2)CCCC1. The van der Waals surface area contributed by atoms with Crippen molar-refractivity contribution >= 4 is 17.2 Å². The van der Waals surface area contributed by atoms with Gasteiger partial charge in [0.05, 0.1) is 0 Å². The van der Waals surface area contributed by atoms with Gasteiger partial charge >= 0.3 is 0 Å². The minimum absolute atomic E-state index is 0.216. The largest absolute Gasteiger partial charge is 0.338 e. The predicted octanol–water partition coefficient (Wildman–Crippen LogP) is 2.29. The van der Waals surface area contributed by atoms with Gasteiger partial charge in [0.2, 0.25) is 5.91 Å². The normalized spacial score (nSPS) is 21.9. The first-order chi connectivity index (χ1) is 8.66. The molecule has 2 aliphatic rings. The van der Waals surface area contributed by atoms with Crippen molar-refractivity contribution in [2.45, 2.75) is 50.6 Å². The summed E-state index contributed by atoms with van der Waals surface area (Å²) in [6.07, 6.45) is 5.92. The number of nitrogens with zero attached hydrogens (tertiary/aromatic N) is 1. The van der Waals surface area contributed by atoms with E-state index in [1.165, 1.54) is 23.3 Å². The summed E-state index contributed by atoms with van der Waals surface area (Å²) in [6.45, 7) is 1.65. The minimum Gasteiger partial charge on any atom is -0.338 e. The molecular formula is C14H20N2OS. The fourth-order valence-corrected chi connectivity index (χ4v) is 4.02. The maximum atomic E-state index is 12.3. The van der Waals surface area contributed by atoms with Gasteiger partial charge in [0, 0.05) is 29.9 Å². The lowest BCUT2D eigenvalue weighted by atomic mass is 9.93. The lowest BCUT2D eigenvalue weighted by Gasteiger charge is -2.31. The van der Waals surface area contributed by atoms with E-state index in [-0.39, 0.29) is 11.4 Å². The van der Waals surface area contributed by atoms with E-state index in [0.717, 1.165) is 32.4 Å². The Balaban J connectivity index is 1.64. The standard InChI is InChI=1S/C14H20N2OS/c15-14(5-1-2-6-14)9-13(17)16-7-3-12-11(10-16)4-8-18-12/h4,8H,1-3,5-7,9-10,15H2. The fourth-order valence-electron chi connectivity index (χ4n) is 3.13. The number of hydrogen-bond donors (Lipinski definition) is 1. The van der Waals surface area contributed by atoms with Crippen molar-refractivity contribution in [1.82, 2.24) is 4.90 Å². The van der Waals surface area contributed by atoms with Crippen molar-refractivity contribution < 1.29 is 4.79 Å². The summed E-state index contributed by atoms with van der Waals surface area (Å²) >= 11 is 1.81. The zero-order chi connectivity index (χ0) is 12.6. The van der Waals surface area contributed by atoms with E-state index in [2.05, 4.69) is 11.4 Å². The van der Waals surface area contributed by atoms with E-state index in [1.54, 1.807) is 0 Å². The van der Waals surface area contributed by atoms with Crippen LogP contribution >= 0.6 is 11.3 Å². The molecule has 1 aromatic rings. The summed E-state index contributed by atoms with van der Waals surface area (Å²) in [7, 11) is 0. The Morgan fingerprint density at radius 2 is 2.22 bits per heavy atom. The van der Waals surface area contributed by atoms with Crippen LogP contribution in [0.4, 0.5) is 0 Å². The van der Waals surface area contributed by atoms with Crippen molar-refractivity contribution in [2.24, 2.45) is 5.73 Å². The van der Waals surface area contributed by atoms with Gasteiger partial charge in [-0.2, -0.15) is 0 Å². The van der Waals surface area contributed by atoms with Crippen LogP contribution in [0.3, 0.4) is 0 Å². The Morgan fingerprint density at radius 1 is 1.44 bits per heavy atom. The zero-order valence-electron chi connectivity index (χ0n) is 10.7. The van der Waals surface area contributed by atoms with Crippen LogP contribution in [-0.4, -0.2) is 22.9 Å². The Bertz CT molecular complexity index is 448. The van der Waals surface area contributed by atoms with E-state index in [1.807, 2.05) is 16.2 Å². The van der Waals surface area contributed by atoms with Crippen molar-refractivity contribution in [3.05, 3.63) is 21.9 Å². The number of fused-ring (bicyclic) bond motifs is 1. The first-order valence-electron chi connectivity index (χ1n) is 6.78. The number of amides is 1. The van der Waals surface area contributed by atoms with Crippen molar-refractivity contribution in [1.29, 1.82) is 0 Å². The number of rotatable bonds is 2. The van der Waals surface area contributed by atoms with Gasteiger partial charge < -0.3 is 10.6 Å². The van der Waals surface area contributed by atoms with Crippen LogP contribution in [0.1, 0.15) is 42.5 Å². The summed E-state index contributed by atoms with van der Waals surface area (Å²) < 4.78 is 0. The highest BCUT2D eigenvalue weighted by Gasteiger charge is 2.34. The molecular weight excluding hydrogens is 244 g/mol. The van der Waals surface area contributed by atoms with Crippen molar-refractivity contribution in [3.63, 3.8) is 0 Å². The first-order valence-corrected chi connectivity index (χ1v) is 7.66. The van der Waals surface area contributed by atoms with Crippen LogP contribution < -0.4 is 5.73 Å². The number of nitrogens with two attached hydrogens (primary N) is 1. The molecule has 0 unspecified atom stereocenters. The third kappa shape index (κ3) is 2.31. The number of carbonyl (C=O) groups excluding carboxylic acids is 1. The summed E-state index contributed by atoms with van der Waals surface area (Å²) in [5, 5.41) is 2.13. The van der Waals surface area contributed by atoms with Crippen molar-refractivity contribution in [3.8, 4) is 0 Å². The van der Waals surface area contributed by atoms with Gasteiger partial charge in [-0.25, -0.2) is 0 Å². The molecule has 98 valence electrons. The topological polar surface area (TPSA) is 46.3 Å². The Morgan fingerprint density at radius 3 is 3.00 bits per heavy atom. The van der Waals surface area contributed by atoms with Crippen LogP contribution in [0.15, 0.2) is 11.4 Å². The summed E-state index contributed by atoms with van der Waals surface area (Å²) in [5.74, 6) is 0.247. The number of carbonyl (C=O) groups is 1. The lowest BCUT2D eigenvalue weighted by molar-refractivity contribution is -0.133. The van der Waals surface area contributed by atoms with E-state index in [0.29, 0.717) is 6.42 Å². The van der Waals surface area contributed by atoms with Gasteiger partial charge in [0.25, 0.3) is 0 Å². The molecule has 1 aliphatic heterocycles. The van der Waals surface area contributed by atoms with Crippen LogP contribution in [0, 0.1) is 0 Å². The molecule has 1 aromatic heterocycles. The second-order valence-electron chi connectivity index (χ2n) is 5.68. The molecule has 0 radical (unpaired) electrons. The number of thiophene rings is 1. The molecule has 18 heavy (non-hydrogen) atoms.